The molecule has 1 aliphatic heterocycles. The summed E-state index contributed by atoms with van der Waals surface area (Å²) in [7, 11) is 1.51. The minimum Gasteiger partial charge on any atom is -0.481 e. The second kappa shape index (κ2) is 11.1. The predicted octanol–water partition coefficient (Wildman–Crippen LogP) is 4.94. The number of hydrogen-bond donors (Lipinski definition) is 1. The minimum atomic E-state index is -4.33. The molecule has 1 aliphatic rings. The number of rotatable bonds is 4. The van der Waals surface area contributed by atoms with E-state index in [4.69, 9.17) is 9.47 Å². The largest absolute Gasteiger partial charge is 0.481 e. The number of aromatic nitrogens is 4. The molecule has 3 aromatic heterocycles. The van der Waals surface area contributed by atoms with E-state index in [-0.39, 0.29) is 13.0 Å². The van der Waals surface area contributed by atoms with Gasteiger partial charge in [-0.1, -0.05) is 12.2 Å². The second-order valence-corrected chi connectivity index (χ2v) is 8.65. The first-order valence-electron chi connectivity index (χ1n) is 12.0. The minimum absolute atomic E-state index is 0.211. The number of pyridine rings is 1. The van der Waals surface area contributed by atoms with Crippen molar-refractivity contribution in [2.24, 2.45) is 0 Å². The van der Waals surface area contributed by atoms with Gasteiger partial charge in [-0.2, -0.15) is 13.2 Å². The van der Waals surface area contributed by atoms with E-state index in [1.54, 1.807) is 46.2 Å². The lowest BCUT2D eigenvalue weighted by atomic mass is 10.1. The summed E-state index contributed by atoms with van der Waals surface area (Å²) in [6, 6.07) is 0.143. The Morgan fingerprint density at radius 2 is 2.11 bits per heavy atom. The molecule has 9 nitrogen and oxygen atoms in total. The number of nitrogens with zero attached hydrogens (tertiary/aromatic N) is 5. The SMILES string of the molecule is CCN1C(=O)N[C@@H](CCC(F)(F)F)/C=C\CCOc2nc(cn3ccnc23)-c2cc(cnc2OC)[C@H]1C. The summed E-state index contributed by atoms with van der Waals surface area (Å²) in [6.45, 7) is 4.19. The number of imidazole rings is 1. The summed E-state index contributed by atoms with van der Waals surface area (Å²) in [4.78, 5) is 28.1. The molecule has 12 heteroatoms. The van der Waals surface area contributed by atoms with Crippen LogP contribution >= 0.6 is 0 Å². The summed E-state index contributed by atoms with van der Waals surface area (Å²) in [5.41, 5.74) is 2.37. The van der Waals surface area contributed by atoms with Crippen molar-refractivity contribution in [3.63, 3.8) is 0 Å². The summed E-state index contributed by atoms with van der Waals surface area (Å²) in [6.07, 6.45) is 4.87. The molecule has 1 N–H and O–H groups in total. The molecule has 2 atom stereocenters. The number of fused-ring (bicyclic) bond motifs is 7. The molecule has 0 radical (unpaired) electrons. The smallest absolute Gasteiger partial charge is 0.389 e. The third kappa shape index (κ3) is 6.12. The number of amides is 2. The van der Waals surface area contributed by atoms with E-state index in [9.17, 15) is 18.0 Å². The lowest BCUT2D eigenvalue weighted by molar-refractivity contribution is -0.136. The Bertz CT molecular complexity index is 1280. The van der Waals surface area contributed by atoms with Crippen molar-refractivity contribution in [1.29, 1.82) is 0 Å². The molecule has 4 rings (SSSR count). The van der Waals surface area contributed by atoms with Gasteiger partial charge in [0.1, 0.15) is 0 Å². The number of ether oxygens (including phenoxy) is 2. The predicted molar refractivity (Wildman–Crippen MR) is 130 cm³/mol. The van der Waals surface area contributed by atoms with Crippen molar-refractivity contribution >= 4 is 11.7 Å². The Balaban J connectivity index is 1.78. The molecule has 0 unspecified atom stereocenters. The molecule has 0 aliphatic carbocycles. The summed E-state index contributed by atoms with van der Waals surface area (Å²) in [5, 5.41) is 2.75. The normalized spacial score (nSPS) is 19.8. The number of carbonyl (C=O) groups is 1. The Labute approximate surface area is 212 Å². The average molecular weight is 519 g/mol. The molecular weight excluding hydrogens is 489 g/mol. The Kier molecular flexibility index (Phi) is 7.84. The number of urea groups is 1. The van der Waals surface area contributed by atoms with Crippen LogP contribution in [0.2, 0.25) is 0 Å². The van der Waals surface area contributed by atoms with Gasteiger partial charge in [-0.15, -0.1) is 0 Å². The van der Waals surface area contributed by atoms with Crippen molar-refractivity contribution in [3.8, 4) is 23.0 Å². The van der Waals surface area contributed by atoms with E-state index in [1.807, 2.05) is 19.9 Å². The van der Waals surface area contributed by atoms with Crippen molar-refractivity contribution in [1.82, 2.24) is 29.6 Å². The van der Waals surface area contributed by atoms with Gasteiger partial charge in [0.05, 0.1) is 31.0 Å². The van der Waals surface area contributed by atoms with Gasteiger partial charge < -0.3 is 24.1 Å². The molecule has 0 saturated heterocycles. The monoisotopic (exact) mass is 518 g/mol. The fraction of sp³-hybridized carbons (Fsp3) is 0.440. The Morgan fingerprint density at radius 1 is 1.30 bits per heavy atom. The first-order valence-corrected chi connectivity index (χ1v) is 12.0. The Morgan fingerprint density at radius 3 is 2.84 bits per heavy atom. The molecule has 0 spiro atoms. The van der Waals surface area contributed by atoms with Gasteiger partial charge in [0, 0.05) is 43.8 Å². The topological polar surface area (TPSA) is 93.9 Å². The highest BCUT2D eigenvalue weighted by atomic mass is 19.4. The van der Waals surface area contributed by atoms with Crippen LogP contribution < -0.4 is 14.8 Å². The van der Waals surface area contributed by atoms with Gasteiger partial charge in [0.2, 0.25) is 11.5 Å². The van der Waals surface area contributed by atoms with Crippen LogP contribution in [0.3, 0.4) is 0 Å². The van der Waals surface area contributed by atoms with Crippen molar-refractivity contribution in [2.75, 3.05) is 20.3 Å². The van der Waals surface area contributed by atoms with Crippen molar-refractivity contribution < 1.29 is 27.4 Å². The van der Waals surface area contributed by atoms with E-state index in [0.717, 1.165) is 0 Å². The van der Waals surface area contributed by atoms with Crippen LogP contribution in [-0.4, -0.2) is 62.8 Å². The summed E-state index contributed by atoms with van der Waals surface area (Å²) in [5.74, 6) is 0.651. The van der Waals surface area contributed by atoms with Crippen LogP contribution in [0.4, 0.5) is 18.0 Å². The van der Waals surface area contributed by atoms with Crippen LogP contribution in [0.5, 0.6) is 11.8 Å². The number of methoxy groups -OCH3 is 1. The molecule has 37 heavy (non-hydrogen) atoms. The van der Waals surface area contributed by atoms with E-state index in [1.165, 1.54) is 7.11 Å². The quantitative estimate of drug-likeness (QED) is 0.492. The van der Waals surface area contributed by atoms with Crippen LogP contribution in [0.1, 0.15) is 44.7 Å². The number of carbonyl (C=O) groups excluding carboxylic acids is 1. The molecular formula is C25H29F3N6O3. The number of nitrogens with one attached hydrogen (secondary N) is 1. The zero-order valence-corrected chi connectivity index (χ0v) is 20.8. The zero-order chi connectivity index (χ0) is 26.6. The summed E-state index contributed by atoms with van der Waals surface area (Å²) >= 11 is 0. The van der Waals surface area contributed by atoms with Gasteiger partial charge in [0.25, 0.3) is 5.88 Å². The highest BCUT2D eigenvalue weighted by molar-refractivity contribution is 5.75. The van der Waals surface area contributed by atoms with Crippen LogP contribution in [0.25, 0.3) is 16.9 Å². The van der Waals surface area contributed by atoms with Gasteiger partial charge in [-0.25, -0.2) is 19.7 Å². The molecule has 0 saturated carbocycles. The average Bonchev–Trinajstić information content (AvgIpc) is 3.34. The third-order valence-corrected chi connectivity index (χ3v) is 6.18. The molecule has 2 amide bonds. The van der Waals surface area contributed by atoms with Crippen molar-refractivity contribution in [2.45, 2.75) is 51.4 Å². The number of hydrogen-bond acceptors (Lipinski definition) is 6. The van der Waals surface area contributed by atoms with Gasteiger partial charge >= 0.3 is 12.2 Å². The molecule has 3 aromatic rings. The first kappa shape index (κ1) is 26.2. The molecule has 0 aromatic carbocycles. The maximum atomic E-state index is 13.2. The molecule has 198 valence electrons. The van der Waals surface area contributed by atoms with E-state index in [2.05, 4.69) is 20.3 Å². The third-order valence-electron chi connectivity index (χ3n) is 6.18. The van der Waals surface area contributed by atoms with Gasteiger partial charge in [0.15, 0.2) is 0 Å². The lowest BCUT2D eigenvalue weighted by Gasteiger charge is -2.30. The lowest BCUT2D eigenvalue weighted by Crippen LogP contribution is -2.45. The summed E-state index contributed by atoms with van der Waals surface area (Å²) < 4.78 is 52.0. The first-order chi connectivity index (χ1) is 17.7. The maximum absolute atomic E-state index is 13.2. The standard InChI is InChI=1S/C25H29F3N6O3/c1-4-34-16(2)17-13-19(22(36-3)30-14-17)20-15-33-11-10-29-21(33)23(32-20)37-12-6-5-7-18(31-24(34)35)8-9-25(26,27)28/h5,7,10-11,13-16,18H,4,6,8-9,12H2,1-3H3,(H,31,35)/b7-5-/t16-,18-/m1/s1. The zero-order valence-electron chi connectivity index (χ0n) is 20.8. The van der Waals surface area contributed by atoms with E-state index in [0.29, 0.717) is 47.2 Å². The maximum Gasteiger partial charge on any atom is 0.389 e. The van der Waals surface area contributed by atoms with E-state index < -0.39 is 30.7 Å². The fourth-order valence-electron chi connectivity index (χ4n) is 4.21. The highest BCUT2D eigenvalue weighted by Crippen LogP contribution is 2.33. The molecule has 4 bridgehead atoms. The van der Waals surface area contributed by atoms with E-state index >= 15 is 0 Å². The van der Waals surface area contributed by atoms with Crippen LogP contribution in [0, 0.1) is 0 Å². The van der Waals surface area contributed by atoms with Gasteiger partial charge in [-0.05, 0) is 38.3 Å². The molecule has 4 heterocycles. The van der Waals surface area contributed by atoms with Crippen molar-refractivity contribution in [3.05, 3.63) is 48.6 Å². The van der Waals surface area contributed by atoms with Gasteiger partial charge in [-0.3, -0.25) is 0 Å². The number of halogens is 3. The number of alkyl halides is 3. The Hall–Kier alpha value is -3.83. The highest BCUT2D eigenvalue weighted by Gasteiger charge is 2.29. The fourth-order valence-corrected chi connectivity index (χ4v) is 4.21. The van der Waals surface area contributed by atoms with Crippen LogP contribution in [-0.2, 0) is 0 Å². The van der Waals surface area contributed by atoms with Crippen LogP contribution in [0.15, 0.2) is 43.0 Å². The second-order valence-electron chi connectivity index (χ2n) is 8.65. The molecule has 0 fully saturated rings.